The van der Waals surface area contributed by atoms with E-state index in [0.29, 0.717) is 30.4 Å². The predicted octanol–water partition coefficient (Wildman–Crippen LogP) is 3.93. The molecule has 1 aromatic carbocycles. The lowest BCUT2D eigenvalue weighted by Gasteiger charge is -2.14. The average molecular weight is 449 g/mol. The summed E-state index contributed by atoms with van der Waals surface area (Å²) in [6.07, 6.45) is 8.05. The van der Waals surface area contributed by atoms with Crippen molar-refractivity contribution in [2.75, 3.05) is 19.6 Å². The van der Waals surface area contributed by atoms with E-state index in [1.165, 1.54) is 25.7 Å². The molecule has 9 heteroatoms. The fraction of sp³-hybridized carbons (Fsp3) is 0.545. The average Bonchev–Trinajstić information content (AvgIpc) is 3.43. The third kappa shape index (κ3) is 6.95. The van der Waals surface area contributed by atoms with Crippen LogP contribution in [0.4, 0.5) is 0 Å². The maximum Gasteiger partial charge on any atom is 0.251 e. The van der Waals surface area contributed by atoms with Gasteiger partial charge in [0, 0.05) is 30.8 Å². The summed E-state index contributed by atoms with van der Waals surface area (Å²) in [5.74, 6) is 1.17. The van der Waals surface area contributed by atoms with E-state index in [9.17, 15) is 4.79 Å². The molecule has 1 amide bonds. The van der Waals surface area contributed by atoms with E-state index >= 15 is 0 Å². The number of aromatic nitrogens is 2. The summed E-state index contributed by atoms with van der Waals surface area (Å²) in [5, 5.41) is 14.6. The van der Waals surface area contributed by atoms with Crippen LogP contribution in [-0.2, 0) is 0 Å². The van der Waals surface area contributed by atoms with E-state index in [1.54, 1.807) is 17.0 Å². The van der Waals surface area contributed by atoms with Gasteiger partial charge in [0.25, 0.3) is 5.91 Å². The lowest BCUT2D eigenvalue weighted by Crippen LogP contribution is -2.34. The van der Waals surface area contributed by atoms with E-state index < -0.39 is 0 Å². The number of unbranched alkanes of at least 4 members (excludes halogenated alkanes) is 5. The molecule has 1 saturated heterocycles. The highest BCUT2D eigenvalue weighted by atomic mass is 35.5. The third-order valence-electron chi connectivity index (χ3n) is 5.54. The molecule has 31 heavy (non-hydrogen) atoms. The second kappa shape index (κ2) is 12.3. The van der Waals surface area contributed by atoms with Crippen LogP contribution in [-0.4, -0.2) is 46.5 Å². The number of nitrogens with two attached hydrogens (primary N) is 1. The minimum Gasteiger partial charge on any atom is -0.370 e. The fourth-order valence-corrected chi connectivity index (χ4v) is 3.68. The summed E-state index contributed by atoms with van der Waals surface area (Å²) in [6.45, 7) is 4.26. The molecule has 0 radical (unpaired) electrons. The summed E-state index contributed by atoms with van der Waals surface area (Å²) < 4.78 is 5.43. The number of hydrogen-bond acceptors (Lipinski definition) is 5. The highest BCUT2D eigenvalue weighted by molar-refractivity contribution is 5.94. The lowest BCUT2D eigenvalue weighted by atomic mass is 10.1. The topological polar surface area (TPSA) is 121 Å². The monoisotopic (exact) mass is 448 g/mol. The molecule has 8 nitrogen and oxygen atoms in total. The molecule has 0 aliphatic carbocycles. The van der Waals surface area contributed by atoms with Crippen molar-refractivity contribution in [1.29, 1.82) is 5.41 Å². The molecule has 170 valence electrons. The Morgan fingerprint density at radius 2 is 1.94 bits per heavy atom. The number of nitrogens with zero attached hydrogens (tertiary/aromatic N) is 3. The van der Waals surface area contributed by atoms with Gasteiger partial charge in [-0.15, -0.1) is 12.4 Å². The first-order valence-electron chi connectivity index (χ1n) is 10.9. The van der Waals surface area contributed by atoms with Crippen LogP contribution in [0.5, 0.6) is 0 Å². The fourth-order valence-electron chi connectivity index (χ4n) is 3.68. The van der Waals surface area contributed by atoms with E-state index in [4.69, 9.17) is 15.7 Å². The van der Waals surface area contributed by atoms with Crippen molar-refractivity contribution in [2.45, 2.75) is 57.8 Å². The molecule has 1 aromatic heterocycles. The molecule has 0 spiro atoms. The van der Waals surface area contributed by atoms with Crippen LogP contribution in [0, 0.1) is 5.41 Å². The quantitative estimate of drug-likeness (QED) is 0.287. The van der Waals surface area contributed by atoms with Gasteiger partial charge in [-0.05, 0) is 25.0 Å². The van der Waals surface area contributed by atoms with Crippen molar-refractivity contribution in [1.82, 2.24) is 20.4 Å². The Balaban J connectivity index is 0.00000341. The van der Waals surface area contributed by atoms with Crippen LogP contribution >= 0.6 is 12.4 Å². The Morgan fingerprint density at radius 3 is 2.61 bits per heavy atom. The molecule has 1 unspecified atom stereocenters. The second-order valence-electron chi connectivity index (χ2n) is 7.87. The Kier molecular flexibility index (Phi) is 9.78. The van der Waals surface area contributed by atoms with Gasteiger partial charge in [-0.2, -0.15) is 4.98 Å². The molecule has 3 rings (SSSR count). The van der Waals surface area contributed by atoms with E-state index in [-0.39, 0.29) is 30.2 Å². The molecule has 1 fully saturated rings. The number of benzene rings is 1. The van der Waals surface area contributed by atoms with Gasteiger partial charge in [0.2, 0.25) is 11.7 Å². The number of amides is 1. The third-order valence-corrected chi connectivity index (χ3v) is 5.54. The van der Waals surface area contributed by atoms with Gasteiger partial charge in [0.05, 0.1) is 5.92 Å². The van der Waals surface area contributed by atoms with Gasteiger partial charge >= 0.3 is 0 Å². The van der Waals surface area contributed by atoms with Crippen molar-refractivity contribution in [3.8, 4) is 11.4 Å². The van der Waals surface area contributed by atoms with Gasteiger partial charge < -0.3 is 20.5 Å². The molecule has 4 N–H and O–H groups in total. The van der Waals surface area contributed by atoms with Gasteiger partial charge in [0.15, 0.2) is 5.96 Å². The number of carbonyl (C=O) groups excluding carboxylic acids is 1. The molecule has 1 atom stereocenters. The zero-order valence-corrected chi connectivity index (χ0v) is 18.9. The Bertz CT molecular complexity index is 839. The summed E-state index contributed by atoms with van der Waals surface area (Å²) >= 11 is 0. The molecule has 1 aliphatic rings. The molecular weight excluding hydrogens is 416 g/mol. The molecular formula is C22H33ClN6O2. The molecule has 2 heterocycles. The minimum absolute atomic E-state index is 0. The van der Waals surface area contributed by atoms with Crippen LogP contribution in [0.15, 0.2) is 28.8 Å². The number of nitrogens with one attached hydrogen (secondary N) is 2. The minimum atomic E-state index is -0.0563. The van der Waals surface area contributed by atoms with Gasteiger partial charge in [-0.1, -0.05) is 56.3 Å². The maximum absolute atomic E-state index is 12.3. The van der Waals surface area contributed by atoms with Gasteiger partial charge in [-0.3, -0.25) is 10.2 Å². The van der Waals surface area contributed by atoms with Crippen LogP contribution < -0.4 is 11.1 Å². The summed E-state index contributed by atoms with van der Waals surface area (Å²) in [7, 11) is 0. The SMILES string of the molecule is CCCCCCCCNC(=O)c1ccc(-c2noc(C3CCN(C(=N)N)C3)n2)cc1.Cl. The van der Waals surface area contributed by atoms with Gasteiger partial charge in [-0.25, -0.2) is 0 Å². The highest BCUT2D eigenvalue weighted by Gasteiger charge is 2.29. The first-order chi connectivity index (χ1) is 14.6. The standard InChI is InChI=1S/C22H32N6O2.ClH/c1-2-3-4-5-6-7-13-25-20(29)17-10-8-16(9-11-17)19-26-21(30-27-19)18-12-14-28(15-18)22(23)24;/h8-11,18H,2-7,12-15H2,1H3,(H3,23,24)(H,25,29);1H. The number of guanidine groups is 1. The van der Waals surface area contributed by atoms with Gasteiger partial charge in [0.1, 0.15) is 0 Å². The van der Waals surface area contributed by atoms with Crippen LogP contribution in [0.2, 0.25) is 0 Å². The largest absolute Gasteiger partial charge is 0.370 e. The number of carbonyl (C=O) groups is 1. The van der Waals surface area contributed by atoms with Crippen molar-refractivity contribution in [3.05, 3.63) is 35.7 Å². The predicted molar refractivity (Wildman–Crippen MR) is 124 cm³/mol. The Labute approximate surface area is 189 Å². The van der Waals surface area contributed by atoms with Crippen molar-refractivity contribution in [3.63, 3.8) is 0 Å². The smallest absolute Gasteiger partial charge is 0.251 e. The molecule has 0 bridgehead atoms. The lowest BCUT2D eigenvalue weighted by molar-refractivity contribution is 0.0953. The van der Waals surface area contributed by atoms with Crippen molar-refractivity contribution in [2.24, 2.45) is 5.73 Å². The number of rotatable bonds is 10. The van der Waals surface area contributed by atoms with Crippen LogP contribution in [0.1, 0.15) is 74.0 Å². The molecule has 2 aromatic rings. The van der Waals surface area contributed by atoms with Crippen molar-refractivity contribution >= 4 is 24.3 Å². The molecule has 0 saturated carbocycles. The Morgan fingerprint density at radius 1 is 1.23 bits per heavy atom. The van der Waals surface area contributed by atoms with Crippen LogP contribution in [0.3, 0.4) is 0 Å². The van der Waals surface area contributed by atoms with E-state index in [1.807, 2.05) is 12.1 Å². The zero-order valence-electron chi connectivity index (χ0n) is 18.1. The number of halogens is 1. The summed E-state index contributed by atoms with van der Waals surface area (Å²) in [6, 6.07) is 7.25. The Hall–Kier alpha value is -2.61. The number of hydrogen-bond donors (Lipinski definition) is 3. The van der Waals surface area contributed by atoms with E-state index in [2.05, 4.69) is 22.4 Å². The molecule has 1 aliphatic heterocycles. The zero-order chi connectivity index (χ0) is 21.3. The van der Waals surface area contributed by atoms with E-state index in [0.717, 1.165) is 31.4 Å². The number of likely N-dealkylation sites (tertiary alicyclic amines) is 1. The first kappa shape index (κ1) is 24.7. The highest BCUT2D eigenvalue weighted by Crippen LogP contribution is 2.27. The maximum atomic E-state index is 12.3. The summed E-state index contributed by atoms with van der Waals surface area (Å²) in [4.78, 5) is 18.6. The van der Waals surface area contributed by atoms with Crippen LogP contribution in [0.25, 0.3) is 11.4 Å². The summed E-state index contributed by atoms with van der Waals surface area (Å²) in [5.41, 5.74) is 6.98. The second-order valence-corrected chi connectivity index (χ2v) is 7.87. The normalized spacial score (nSPS) is 15.5. The van der Waals surface area contributed by atoms with Crippen molar-refractivity contribution < 1.29 is 9.32 Å². The first-order valence-corrected chi connectivity index (χ1v) is 10.9.